The fraction of sp³-hybridized carbons (Fsp3) is 0.500. The van der Waals surface area contributed by atoms with E-state index in [1.807, 2.05) is 52.0 Å². The van der Waals surface area contributed by atoms with Gasteiger partial charge in [-0.2, -0.15) is 22.8 Å². The number of hydrogen-bond donors (Lipinski definition) is 2. The van der Waals surface area contributed by atoms with Crippen LogP contribution in [0.5, 0.6) is 0 Å². The molecule has 0 aromatic carbocycles. The van der Waals surface area contributed by atoms with Crippen molar-refractivity contribution in [2.45, 2.75) is 59.7 Å². The van der Waals surface area contributed by atoms with Gasteiger partial charge in [0.05, 0.1) is 6.10 Å². The van der Waals surface area contributed by atoms with Crippen LogP contribution in [0.2, 0.25) is 0 Å². The maximum absolute atomic E-state index is 8.92. The first-order valence-corrected chi connectivity index (χ1v) is 7.39. The van der Waals surface area contributed by atoms with Crippen LogP contribution in [0.4, 0.5) is 0 Å². The summed E-state index contributed by atoms with van der Waals surface area (Å²) in [6, 6.07) is 8.04. The van der Waals surface area contributed by atoms with Gasteiger partial charge >= 0.3 is 21.7 Å². The Balaban J connectivity index is 0. The Labute approximate surface area is 155 Å². The molecule has 0 aliphatic heterocycles. The molecule has 2 atom stereocenters. The van der Waals surface area contributed by atoms with Crippen molar-refractivity contribution in [1.82, 2.24) is 9.97 Å². The molecule has 0 bridgehead atoms. The molecule has 5 heteroatoms. The van der Waals surface area contributed by atoms with Crippen molar-refractivity contribution in [1.29, 1.82) is 0 Å². The van der Waals surface area contributed by atoms with Gasteiger partial charge in [-0.25, -0.2) is 0 Å². The van der Waals surface area contributed by atoms with Crippen molar-refractivity contribution in [3.8, 4) is 0 Å². The summed E-state index contributed by atoms with van der Waals surface area (Å²) in [6.07, 6.45) is -0.144. The predicted octanol–water partition coefficient (Wildman–Crippen LogP) is 2.86. The normalized spacial score (nSPS) is 13.4. The number of aryl methyl sites for hydroxylation is 4. The van der Waals surface area contributed by atoms with Crippen molar-refractivity contribution in [2.75, 3.05) is 0 Å². The van der Waals surface area contributed by atoms with Gasteiger partial charge in [0.1, 0.15) is 0 Å². The largest absolute Gasteiger partial charge is 3.00 e. The van der Waals surface area contributed by atoms with Crippen LogP contribution in [0.25, 0.3) is 0 Å². The number of aliphatic hydroxyl groups excluding tert-OH is 1. The van der Waals surface area contributed by atoms with Crippen molar-refractivity contribution >= 4 is 0 Å². The maximum Gasteiger partial charge on any atom is 3.00 e. The smallest absolute Gasteiger partial charge is 0.665 e. The van der Waals surface area contributed by atoms with Gasteiger partial charge in [-0.3, -0.25) is 0 Å². The molecular weight excluding hydrogens is 324 g/mol. The van der Waals surface area contributed by atoms with Crippen LogP contribution in [0.3, 0.4) is 0 Å². The molecule has 4 nitrogen and oxygen atoms in total. The molecule has 2 aromatic rings. The molecule has 0 aliphatic carbocycles. The Kier molecular flexibility index (Phi) is 12.4. The molecule has 0 fully saturated rings. The average Bonchev–Trinajstić information content (AvgIpc) is 2.85. The predicted molar refractivity (Wildman–Crippen MR) is 90.8 cm³/mol. The maximum atomic E-state index is 8.92. The number of aliphatic hydroxyl groups is 2. The molecule has 0 saturated carbocycles. The summed E-state index contributed by atoms with van der Waals surface area (Å²) in [7, 11) is 0. The van der Waals surface area contributed by atoms with E-state index in [9.17, 15) is 0 Å². The van der Waals surface area contributed by atoms with Crippen LogP contribution < -0.4 is 9.97 Å². The van der Waals surface area contributed by atoms with Crippen LogP contribution in [-0.2, 0) is 21.7 Å². The van der Waals surface area contributed by atoms with Crippen molar-refractivity contribution in [3.63, 3.8) is 0 Å². The molecule has 1 radical (unpaired) electrons. The van der Waals surface area contributed by atoms with Gasteiger partial charge in [-0.1, -0.05) is 64.5 Å². The standard InChI is InChI=1S/2C6H8N.C6H13O2.Ti/c2*1-5-3-4-6(2)7-5;1-5(7)4-6(2,3)8;/h2*3-4H,1-2H3;5,7-8H,2,4H2,1,3H3;/q3*-1;+3. The second kappa shape index (κ2) is 11.7. The summed E-state index contributed by atoms with van der Waals surface area (Å²) < 4.78 is 0. The molecular formula is C18H29N2O2Ti. The monoisotopic (exact) mass is 353 g/mol. The third kappa shape index (κ3) is 15.9. The first kappa shape index (κ1) is 24.4. The summed E-state index contributed by atoms with van der Waals surface area (Å²) in [4.78, 5) is 8.22. The minimum Gasteiger partial charge on any atom is -0.665 e. The summed E-state index contributed by atoms with van der Waals surface area (Å²) in [5.41, 5.74) is 3.46. The Bertz CT molecular complexity index is 454. The minimum atomic E-state index is -0.978. The van der Waals surface area contributed by atoms with Crippen LogP contribution in [0.15, 0.2) is 24.3 Å². The zero-order chi connectivity index (χ0) is 17.3. The number of nitrogens with zero attached hydrogens (tertiary/aromatic N) is 2. The number of hydrogen-bond acceptors (Lipinski definition) is 2. The van der Waals surface area contributed by atoms with E-state index in [-0.39, 0.29) is 21.7 Å². The Hall–Kier alpha value is -0.806. The first-order valence-electron chi connectivity index (χ1n) is 7.39. The summed E-state index contributed by atoms with van der Waals surface area (Å²) in [5.74, 6) is 0. The van der Waals surface area contributed by atoms with Crippen LogP contribution in [0, 0.1) is 34.6 Å². The molecule has 0 saturated heterocycles. The van der Waals surface area contributed by atoms with Gasteiger partial charge in [0.25, 0.3) is 0 Å². The molecule has 2 heterocycles. The SMILES string of the molecule is Cc1ccc(C)[n-]1.Cc1ccc(C)[n-]1.[CH2-]C(C)(O)CC(C)O.[Ti+3]. The van der Waals surface area contributed by atoms with E-state index in [1.165, 1.54) is 0 Å². The van der Waals surface area contributed by atoms with Gasteiger partial charge in [-0.15, -0.1) is 0 Å². The Morgan fingerprint density at radius 1 is 0.957 bits per heavy atom. The van der Waals surface area contributed by atoms with E-state index in [1.54, 1.807) is 13.8 Å². The van der Waals surface area contributed by atoms with E-state index in [2.05, 4.69) is 16.9 Å². The second-order valence-corrected chi connectivity index (χ2v) is 6.01. The summed E-state index contributed by atoms with van der Waals surface area (Å²) in [5, 5.41) is 17.6. The zero-order valence-electron chi connectivity index (χ0n) is 15.1. The zero-order valence-corrected chi connectivity index (χ0v) is 16.7. The minimum absolute atomic E-state index is 0. The van der Waals surface area contributed by atoms with Crippen LogP contribution >= 0.6 is 0 Å². The Morgan fingerprint density at radius 3 is 1.26 bits per heavy atom. The van der Waals surface area contributed by atoms with Gasteiger partial charge in [0, 0.05) is 0 Å². The topological polar surface area (TPSA) is 68.7 Å². The van der Waals surface area contributed by atoms with E-state index >= 15 is 0 Å². The molecule has 0 spiro atoms. The molecule has 2 aromatic heterocycles. The summed E-state index contributed by atoms with van der Waals surface area (Å²) in [6.45, 7) is 14.6. The van der Waals surface area contributed by atoms with Crippen LogP contribution in [0.1, 0.15) is 43.0 Å². The Morgan fingerprint density at radius 2 is 1.22 bits per heavy atom. The molecule has 2 rings (SSSR count). The molecule has 2 unspecified atom stereocenters. The second-order valence-electron chi connectivity index (χ2n) is 6.01. The number of rotatable bonds is 2. The fourth-order valence-electron chi connectivity index (χ4n) is 1.82. The van der Waals surface area contributed by atoms with Crippen molar-refractivity contribution in [2.24, 2.45) is 0 Å². The van der Waals surface area contributed by atoms with E-state index in [0.717, 1.165) is 22.8 Å². The molecule has 2 N–H and O–H groups in total. The molecule has 127 valence electrons. The van der Waals surface area contributed by atoms with Crippen molar-refractivity contribution < 1.29 is 31.9 Å². The molecule has 0 aliphatic rings. The number of aromatic nitrogens is 2. The van der Waals surface area contributed by atoms with Crippen molar-refractivity contribution in [3.05, 3.63) is 54.0 Å². The van der Waals surface area contributed by atoms with E-state index < -0.39 is 11.7 Å². The quantitative estimate of drug-likeness (QED) is 0.644. The fourth-order valence-corrected chi connectivity index (χ4v) is 1.82. The third-order valence-corrected chi connectivity index (χ3v) is 2.57. The first-order chi connectivity index (χ1) is 9.99. The molecule has 0 amide bonds. The third-order valence-electron chi connectivity index (χ3n) is 2.57. The average molecular weight is 353 g/mol. The molecule has 23 heavy (non-hydrogen) atoms. The summed E-state index contributed by atoms with van der Waals surface area (Å²) >= 11 is 0. The van der Waals surface area contributed by atoms with Gasteiger partial charge in [0.15, 0.2) is 0 Å². The van der Waals surface area contributed by atoms with Gasteiger partial charge < -0.3 is 27.1 Å². The van der Waals surface area contributed by atoms with Gasteiger partial charge in [-0.05, 0) is 13.3 Å². The van der Waals surface area contributed by atoms with E-state index in [4.69, 9.17) is 10.2 Å². The van der Waals surface area contributed by atoms with Crippen LogP contribution in [-0.4, -0.2) is 21.9 Å². The van der Waals surface area contributed by atoms with Gasteiger partial charge in [0.2, 0.25) is 0 Å². The van der Waals surface area contributed by atoms with E-state index in [0.29, 0.717) is 6.42 Å².